The first kappa shape index (κ1) is 9.88. The summed E-state index contributed by atoms with van der Waals surface area (Å²) < 4.78 is 4.89. The number of rotatable bonds is 6. The fourth-order valence-corrected chi connectivity index (χ4v) is 0.433. The van der Waals surface area contributed by atoms with Crippen molar-refractivity contribution in [2.75, 3.05) is 13.2 Å². The first-order valence-electron chi connectivity index (χ1n) is 3.53. The summed E-state index contributed by atoms with van der Waals surface area (Å²) in [6, 6.07) is 0. The van der Waals surface area contributed by atoms with E-state index in [1.807, 2.05) is 6.92 Å². The lowest BCUT2D eigenvalue weighted by atomic mass is 10.3. The molecule has 0 heterocycles. The van der Waals surface area contributed by atoms with Crippen molar-refractivity contribution in [1.29, 1.82) is 0 Å². The lowest BCUT2D eigenvalue weighted by Gasteiger charge is -2.06. The second kappa shape index (κ2) is 6.99. The fraction of sp³-hybridized carbons (Fsp3) is 0.857. The lowest BCUT2D eigenvalue weighted by molar-refractivity contribution is 0.0251. The summed E-state index contributed by atoms with van der Waals surface area (Å²) in [4.78, 5) is 0. The number of ether oxygens (including phenoxy) is 1. The van der Waals surface area contributed by atoms with Crippen LogP contribution in [0.25, 0.3) is 0 Å². The number of aliphatic hydroxyl groups is 2. The molecule has 0 aliphatic rings. The maximum atomic E-state index is 8.76. The van der Waals surface area contributed by atoms with Gasteiger partial charge in [-0.05, 0) is 6.42 Å². The van der Waals surface area contributed by atoms with Crippen molar-refractivity contribution in [1.82, 2.24) is 0 Å². The highest BCUT2D eigenvalue weighted by molar-refractivity contribution is 4.53. The maximum Gasteiger partial charge on any atom is 0.100 e. The molecule has 0 aliphatic heterocycles. The van der Waals surface area contributed by atoms with E-state index < -0.39 is 6.10 Å². The van der Waals surface area contributed by atoms with Crippen molar-refractivity contribution >= 4 is 0 Å². The highest BCUT2D eigenvalue weighted by atomic mass is 16.5. The summed E-state index contributed by atoms with van der Waals surface area (Å²) in [6.45, 7) is 3.65. The van der Waals surface area contributed by atoms with Crippen LogP contribution in [0.1, 0.15) is 19.8 Å². The maximum absolute atomic E-state index is 8.76. The van der Waals surface area contributed by atoms with Crippen LogP contribution in [-0.4, -0.2) is 29.5 Å². The van der Waals surface area contributed by atoms with Gasteiger partial charge in [-0.3, -0.25) is 0 Å². The minimum atomic E-state index is -0.742. The van der Waals surface area contributed by atoms with Crippen LogP contribution in [0.5, 0.6) is 0 Å². The molecule has 0 aromatic rings. The Labute approximate surface area is 61.6 Å². The van der Waals surface area contributed by atoms with Crippen LogP contribution in [0.2, 0.25) is 0 Å². The Morgan fingerprint density at radius 2 is 2.30 bits per heavy atom. The average Bonchev–Trinajstić information content (AvgIpc) is 1.98. The molecular formula is C7H15O3. The van der Waals surface area contributed by atoms with E-state index in [4.69, 9.17) is 14.9 Å². The molecule has 3 heteroatoms. The van der Waals surface area contributed by atoms with Crippen LogP contribution in [0.4, 0.5) is 0 Å². The topological polar surface area (TPSA) is 49.7 Å². The zero-order chi connectivity index (χ0) is 7.82. The molecule has 0 rings (SSSR count). The Kier molecular flexibility index (Phi) is 6.91. The van der Waals surface area contributed by atoms with Crippen LogP contribution < -0.4 is 0 Å². The molecule has 3 nitrogen and oxygen atoms in total. The van der Waals surface area contributed by atoms with Crippen molar-refractivity contribution in [3.63, 3.8) is 0 Å². The van der Waals surface area contributed by atoms with Gasteiger partial charge in [-0.25, -0.2) is 0 Å². The Morgan fingerprint density at radius 3 is 2.80 bits per heavy atom. The second-order valence-electron chi connectivity index (χ2n) is 2.13. The van der Waals surface area contributed by atoms with Gasteiger partial charge >= 0.3 is 0 Å². The summed E-state index contributed by atoms with van der Waals surface area (Å²) in [5.74, 6) is 0. The number of aliphatic hydroxyl groups excluding tert-OH is 2. The Bertz CT molecular complexity index is 65.9. The van der Waals surface area contributed by atoms with Crippen LogP contribution in [0, 0.1) is 6.61 Å². The summed E-state index contributed by atoms with van der Waals surface area (Å²) in [7, 11) is 0. The molecular weight excluding hydrogens is 132 g/mol. The van der Waals surface area contributed by atoms with Gasteiger partial charge in [0.15, 0.2) is 0 Å². The van der Waals surface area contributed by atoms with Gasteiger partial charge in [0.25, 0.3) is 0 Å². The molecule has 1 radical (unpaired) electrons. The zero-order valence-corrected chi connectivity index (χ0v) is 6.29. The summed E-state index contributed by atoms with van der Waals surface area (Å²) in [6.07, 6.45) is 1.18. The van der Waals surface area contributed by atoms with E-state index in [-0.39, 0.29) is 13.2 Å². The van der Waals surface area contributed by atoms with Gasteiger partial charge in [-0.15, -0.1) is 0 Å². The molecule has 0 fully saturated rings. The largest absolute Gasteiger partial charge is 0.394 e. The van der Waals surface area contributed by atoms with Gasteiger partial charge in [0.2, 0.25) is 0 Å². The van der Waals surface area contributed by atoms with Crippen molar-refractivity contribution in [3.8, 4) is 0 Å². The number of unbranched alkanes of at least 4 members (excludes halogenated alkanes) is 1. The first-order valence-corrected chi connectivity index (χ1v) is 3.53. The molecule has 0 spiro atoms. The highest BCUT2D eigenvalue weighted by Gasteiger charge is 1.99. The summed E-state index contributed by atoms with van der Waals surface area (Å²) in [5.41, 5.74) is 0. The smallest absolute Gasteiger partial charge is 0.100 e. The van der Waals surface area contributed by atoms with Gasteiger partial charge in [-0.2, -0.15) is 0 Å². The van der Waals surface area contributed by atoms with Crippen LogP contribution >= 0.6 is 0 Å². The summed E-state index contributed by atoms with van der Waals surface area (Å²) in [5, 5.41) is 17.1. The minimum Gasteiger partial charge on any atom is -0.394 e. The highest BCUT2D eigenvalue weighted by Crippen LogP contribution is 1.94. The standard InChI is InChI=1S/C7H15O3/c1-2-3-4-10-6-7(9)5-8/h4,7-9H,2-3,5-6H2,1H3. The number of hydrogen-bond acceptors (Lipinski definition) is 3. The van der Waals surface area contributed by atoms with Crippen molar-refractivity contribution in [2.24, 2.45) is 0 Å². The molecule has 0 saturated heterocycles. The summed E-state index contributed by atoms with van der Waals surface area (Å²) >= 11 is 0. The van der Waals surface area contributed by atoms with Crippen LogP contribution in [-0.2, 0) is 4.74 Å². The van der Waals surface area contributed by atoms with Crippen molar-refractivity contribution in [3.05, 3.63) is 6.61 Å². The molecule has 61 valence electrons. The van der Waals surface area contributed by atoms with E-state index in [1.54, 1.807) is 6.61 Å². The van der Waals surface area contributed by atoms with E-state index in [0.717, 1.165) is 12.8 Å². The van der Waals surface area contributed by atoms with Gasteiger partial charge in [-0.1, -0.05) is 13.3 Å². The molecule has 0 aromatic heterocycles. The minimum absolute atomic E-state index is 0.191. The van der Waals surface area contributed by atoms with E-state index in [2.05, 4.69) is 0 Å². The monoisotopic (exact) mass is 147 g/mol. The molecule has 0 saturated carbocycles. The van der Waals surface area contributed by atoms with E-state index in [9.17, 15) is 0 Å². The first-order chi connectivity index (χ1) is 4.81. The average molecular weight is 147 g/mol. The Balaban J connectivity index is 2.89. The molecule has 0 aromatic carbocycles. The van der Waals surface area contributed by atoms with E-state index in [1.165, 1.54) is 0 Å². The van der Waals surface area contributed by atoms with Gasteiger partial charge < -0.3 is 14.9 Å². The molecule has 1 unspecified atom stereocenters. The molecule has 2 N–H and O–H groups in total. The third-order valence-electron chi connectivity index (χ3n) is 1.02. The lowest BCUT2D eigenvalue weighted by Crippen LogP contribution is -2.18. The quantitative estimate of drug-likeness (QED) is 0.532. The van der Waals surface area contributed by atoms with Crippen molar-refractivity contribution < 1.29 is 14.9 Å². The Hall–Kier alpha value is -0.120. The zero-order valence-electron chi connectivity index (χ0n) is 6.29. The molecule has 1 atom stereocenters. The predicted octanol–water partition coefficient (Wildman–Crippen LogP) is 0.318. The third-order valence-corrected chi connectivity index (χ3v) is 1.02. The number of hydrogen-bond donors (Lipinski definition) is 2. The predicted molar refractivity (Wildman–Crippen MR) is 38.3 cm³/mol. The molecule has 10 heavy (non-hydrogen) atoms. The van der Waals surface area contributed by atoms with E-state index in [0.29, 0.717) is 0 Å². The van der Waals surface area contributed by atoms with Crippen molar-refractivity contribution in [2.45, 2.75) is 25.9 Å². The van der Waals surface area contributed by atoms with Crippen LogP contribution in [0.3, 0.4) is 0 Å². The SMILES string of the molecule is CCC[CH]OCC(O)CO. The molecule has 0 aliphatic carbocycles. The normalized spacial score (nSPS) is 13.5. The second-order valence-corrected chi connectivity index (χ2v) is 2.13. The third kappa shape index (κ3) is 6.01. The molecule has 0 amide bonds. The van der Waals surface area contributed by atoms with Gasteiger partial charge in [0, 0.05) is 0 Å². The Morgan fingerprint density at radius 1 is 1.60 bits per heavy atom. The van der Waals surface area contributed by atoms with Gasteiger partial charge in [0.1, 0.15) is 6.10 Å². The van der Waals surface area contributed by atoms with E-state index >= 15 is 0 Å². The fourth-order valence-electron chi connectivity index (χ4n) is 0.433. The van der Waals surface area contributed by atoms with Crippen LogP contribution in [0.15, 0.2) is 0 Å². The molecule has 0 bridgehead atoms. The van der Waals surface area contributed by atoms with Gasteiger partial charge in [0.05, 0.1) is 19.8 Å².